The van der Waals surface area contributed by atoms with Crippen LogP contribution < -0.4 is 16.2 Å². The van der Waals surface area contributed by atoms with Crippen molar-refractivity contribution in [1.29, 1.82) is 0 Å². The number of nitrogens with one attached hydrogen (secondary N) is 3. The number of carbonyl (C=O) groups is 1. The maximum absolute atomic E-state index is 13.1. The molecule has 1 amide bonds. The number of fused-ring (bicyclic) bond motifs is 1. The molecule has 0 aliphatic carbocycles. The van der Waals surface area contributed by atoms with E-state index >= 15 is 0 Å². The number of H-pyrrole nitrogens is 1. The Hall–Kier alpha value is -3.43. The predicted molar refractivity (Wildman–Crippen MR) is 156 cm³/mol. The molecule has 4 heterocycles. The van der Waals surface area contributed by atoms with Crippen molar-refractivity contribution in [3.63, 3.8) is 0 Å². The number of amides is 1. The van der Waals surface area contributed by atoms with Crippen LogP contribution in [0.25, 0.3) is 21.3 Å². The van der Waals surface area contributed by atoms with Crippen molar-refractivity contribution < 1.29 is 9.90 Å². The van der Waals surface area contributed by atoms with Crippen molar-refractivity contribution in [3.8, 4) is 10.4 Å². The van der Waals surface area contributed by atoms with Gasteiger partial charge in [-0.15, -0.1) is 11.3 Å². The Morgan fingerprint density at radius 3 is 2.47 bits per heavy atom. The van der Waals surface area contributed by atoms with Gasteiger partial charge in [-0.05, 0) is 65.3 Å². The van der Waals surface area contributed by atoms with Crippen molar-refractivity contribution in [3.05, 3.63) is 62.8 Å². The number of aromatic nitrogens is 3. The van der Waals surface area contributed by atoms with Gasteiger partial charge < -0.3 is 25.3 Å². The molecule has 0 fully saturated rings. The number of thiophene rings is 1. The molecule has 0 radical (unpaired) electrons. The molecule has 9 heteroatoms. The van der Waals surface area contributed by atoms with Crippen LogP contribution in [-0.4, -0.2) is 37.2 Å². The van der Waals surface area contributed by atoms with E-state index in [-0.39, 0.29) is 17.5 Å². The average Bonchev–Trinajstić information content (AvgIpc) is 3.43. The number of carbonyl (C=O) groups excluding carboxylic acids is 1. The van der Waals surface area contributed by atoms with Gasteiger partial charge in [0.25, 0.3) is 11.5 Å². The van der Waals surface area contributed by atoms with Crippen LogP contribution in [0.15, 0.2) is 35.4 Å². The van der Waals surface area contributed by atoms with E-state index in [2.05, 4.69) is 26.7 Å². The number of hydrogen-bond acceptors (Lipinski definition) is 6. The molecule has 0 atom stereocenters. The molecular formula is C29H37N5O3S. The molecule has 4 rings (SSSR count). The van der Waals surface area contributed by atoms with E-state index in [1.165, 1.54) is 4.57 Å². The molecule has 0 saturated heterocycles. The highest BCUT2D eigenvalue weighted by Crippen LogP contribution is 2.47. The number of rotatable bonds is 7. The summed E-state index contributed by atoms with van der Waals surface area (Å²) in [6.45, 7) is 15.4. The van der Waals surface area contributed by atoms with E-state index in [1.807, 2.05) is 67.7 Å². The van der Waals surface area contributed by atoms with Gasteiger partial charge in [0.1, 0.15) is 11.2 Å². The second-order valence-electron chi connectivity index (χ2n) is 11.3. The number of aromatic amines is 1. The van der Waals surface area contributed by atoms with Crippen LogP contribution in [0.4, 0.5) is 11.4 Å². The first-order valence-corrected chi connectivity index (χ1v) is 13.5. The van der Waals surface area contributed by atoms with Gasteiger partial charge in [-0.3, -0.25) is 14.6 Å². The number of aryl methyl sites for hydroxylation is 3. The summed E-state index contributed by atoms with van der Waals surface area (Å²) in [5.41, 5.74) is 3.43. The Labute approximate surface area is 227 Å². The maximum atomic E-state index is 13.1. The van der Waals surface area contributed by atoms with Crippen LogP contribution in [0.1, 0.15) is 68.2 Å². The Morgan fingerprint density at radius 1 is 1.18 bits per heavy atom. The summed E-state index contributed by atoms with van der Waals surface area (Å²) < 4.78 is 1.53. The first-order valence-electron chi connectivity index (χ1n) is 12.7. The molecule has 0 spiro atoms. The minimum absolute atomic E-state index is 0.0399. The number of nitrogens with zero attached hydrogens (tertiary/aromatic N) is 2. The van der Waals surface area contributed by atoms with Gasteiger partial charge in [-0.25, -0.2) is 0 Å². The van der Waals surface area contributed by atoms with Gasteiger partial charge in [-0.2, -0.15) is 0 Å². The molecule has 38 heavy (non-hydrogen) atoms. The minimum atomic E-state index is -0.985. The molecule has 0 saturated carbocycles. The zero-order chi connectivity index (χ0) is 28.2. The smallest absolute Gasteiger partial charge is 0.274 e. The third kappa shape index (κ3) is 4.88. The number of hydrogen-bond donors (Lipinski definition) is 4. The van der Waals surface area contributed by atoms with E-state index in [0.717, 1.165) is 37.9 Å². The van der Waals surface area contributed by atoms with E-state index in [4.69, 9.17) is 0 Å². The van der Waals surface area contributed by atoms with Gasteiger partial charge in [0.05, 0.1) is 27.5 Å². The van der Waals surface area contributed by atoms with Crippen molar-refractivity contribution in [2.75, 3.05) is 5.32 Å². The van der Waals surface area contributed by atoms with Gasteiger partial charge >= 0.3 is 0 Å². The lowest BCUT2D eigenvalue weighted by Crippen LogP contribution is -2.41. The molecule has 202 valence electrons. The van der Waals surface area contributed by atoms with Crippen LogP contribution in [0.2, 0.25) is 0 Å². The zero-order valence-electron chi connectivity index (χ0n) is 23.5. The topological polar surface area (TPSA) is 112 Å². The Balaban J connectivity index is 1.99. The molecule has 8 nitrogen and oxygen atoms in total. The van der Waals surface area contributed by atoms with Gasteiger partial charge in [-0.1, -0.05) is 13.8 Å². The summed E-state index contributed by atoms with van der Waals surface area (Å²) in [6.07, 6.45) is 3.59. The summed E-state index contributed by atoms with van der Waals surface area (Å²) in [7, 11) is 1.71. The second kappa shape index (κ2) is 9.71. The molecule has 0 bridgehead atoms. The zero-order valence-corrected chi connectivity index (χ0v) is 24.3. The maximum Gasteiger partial charge on any atom is 0.274 e. The number of pyridine rings is 2. The van der Waals surface area contributed by atoms with Gasteiger partial charge in [0.2, 0.25) is 0 Å². The first-order chi connectivity index (χ1) is 17.6. The number of aliphatic hydroxyl groups is 1. The Kier molecular flexibility index (Phi) is 7.05. The molecule has 4 aromatic rings. The monoisotopic (exact) mass is 535 g/mol. The van der Waals surface area contributed by atoms with Crippen LogP contribution in [0.5, 0.6) is 0 Å². The van der Waals surface area contributed by atoms with E-state index in [0.29, 0.717) is 16.6 Å². The largest absolute Gasteiger partial charge is 0.390 e. The predicted octanol–water partition coefficient (Wildman–Crippen LogP) is 5.54. The summed E-state index contributed by atoms with van der Waals surface area (Å²) in [4.78, 5) is 35.3. The Morgan fingerprint density at radius 2 is 1.87 bits per heavy atom. The highest BCUT2D eigenvalue weighted by Gasteiger charge is 2.39. The van der Waals surface area contributed by atoms with E-state index in [9.17, 15) is 14.7 Å². The summed E-state index contributed by atoms with van der Waals surface area (Å²) in [5, 5.41) is 18.2. The van der Waals surface area contributed by atoms with Crippen molar-refractivity contribution >= 4 is 39.5 Å². The molecule has 4 N–H and O–H groups in total. The molecule has 0 aliphatic rings. The molecule has 0 unspecified atom stereocenters. The summed E-state index contributed by atoms with van der Waals surface area (Å²) in [6, 6.07) is 5.73. The lowest BCUT2D eigenvalue weighted by molar-refractivity contribution is 0.0112. The average molecular weight is 536 g/mol. The summed E-state index contributed by atoms with van der Waals surface area (Å²) >= 11 is 1.56. The van der Waals surface area contributed by atoms with Crippen LogP contribution in [-0.2, 0) is 12.5 Å². The molecular weight excluding hydrogens is 498 g/mol. The fraction of sp³-hybridized carbons (Fsp3) is 0.414. The normalized spacial score (nSPS) is 12.4. The Bertz CT molecular complexity index is 1560. The molecule has 0 aromatic carbocycles. The van der Waals surface area contributed by atoms with E-state index in [1.54, 1.807) is 30.6 Å². The lowest BCUT2D eigenvalue weighted by Gasteiger charge is -2.36. The number of anilines is 2. The summed E-state index contributed by atoms with van der Waals surface area (Å²) in [5.74, 6) is -0.265. The second-order valence-corrected chi connectivity index (χ2v) is 12.4. The highest BCUT2D eigenvalue weighted by molar-refractivity contribution is 7.16. The van der Waals surface area contributed by atoms with E-state index < -0.39 is 11.0 Å². The van der Waals surface area contributed by atoms with Crippen LogP contribution >= 0.6 is 11.3 Å². The fourth-order valence-corrected chi connectivity index (χ4v) is 5.68. The molecule has 4 aromatic heterocycles. The first kappa shape index (κ1) is 27.6. The van der Waals surface area contributed by atoms with Crippen molar-refractivity contribution in [2.45, 2.75) is 72.4 Å². The van der Waals surface area contributed by atoms with Gasteiger partial charge in [0.15, 0.2) is 0 Å². The quantitative estimate of drug-likeness (QED) is 0.248. The highest BCUT2D eigenvalue weighted by atomic mass is 32.1. The fourth-order valence-electron chi connectivity index (χ4n) is 4.29. The minimum Gasteiger partial charge on any atom is -0.390 e. The SMILES string of the molecule is Cc1ccnc(C)c1Nc1cc(C(C)(C)C(C)(C)O)sc1-c1cn(C)c(=O)c2[nH]c(C(=O)NC(C)C)cc12. The third-order valence-electron chi connectivity index (χ3n) is 7.36. The van der Waals surface area contributed by atoms with Crippen LogP contribution in [0.3, 0.4) is 0 Å². The van der Waals surface area contributed by atoms with Crippen LogP contribution in [0, 0.1) is 13.8 Å². The molecule has 0 aliphatic heterocycles. The van der Waals surface area contributed by atoms with Crippen molar-refractivity contribution in [2.24, 2.45) is 7.05 Å². The third-order valence-corrected chi connectivity index (χ3v) is 8.85. The van der Waals surface area contributed by atoms with Gasteiger partial charge in [0, 0.05) is 46.7 Å². The van der Waals surface area contributed by atoms with Crippen molar-refractivity contribution in [1.82, 2.24) is 19.9 Å². The standard InChI is InChI=1S/C29H37N5O3S/c1-15(2)31-26(35)21-12-18-19(14-34(9)27(36)24(18)33-21)25-20(32-23-16(3)10-11-30-17(23)4)13-22(38-25)28(5,6)29(7,8)37/h10-15,32-33,37H,1-9H3,(H,31,35). The lowest BCUT2D eigenvalue weighted by atomic mass is 9.76.